The van der Waals surface area contributed by atoms with Crippen LogP contribution in [-0.2, 0) is 4.74 Å². The smallest absolute Gasteiger partial charge is 0.356 e. The number of carbonyl (C=O) groups excluding carboxylic acids is 1. The average molecular weight is 177 g/mol. The van der Waals surface area contributed by atoms with Gasteiger partial charge in [0.2, 0.25) is 0 Å². The Balaban J connectivity index is 3.17. The Morgan fingerprint density at radius 3 is 2.85 bits per heavy atom. The lowest BCUT2D eigenvalue weighted by Crippen LogP contribution is -2.07. The van der Waals surface area contributed by atoms with Crippen molar-refractivity contribution in [2.24, 2.45) is 0 Å². The number of hydrogen-bond donors (Lipinski definition) is 0. The van der Waals surface area contributed by atoms with Gasteiger partial charge in [0.1, 0.15) is 17.6 Å². The first-order valence-corrected chi connectivity index (χ1v) is 3.51. The summed E-state index contributed by atoms with van der Waals surface area (Å²) >= 11 is 0. The van der Waals surface area contributed by atoms with Crippen molar-refractivity contribution in [2.45, 2.75) is 6.92 Å². The van der Waals surface area contributed by atoms with Crippen molar-refractivity contribution in [3.8, 4) is 6.07 Å². The molecule has 66 valence electrons. The molecule has 0 aliphatic carbocycles. The molecule has 1 rings (SSSR count). The molecule has 0 aromatic carbocycles. The number of methoxy groups -OCH3 is 1. The summed E-state index contributed by atoms with van der Waals surface area (Å²) < 4.78 is 4.45. The van der Waals surface area contributed by atoms with Crippen LogP contribution in [0.5, 0.6) is 0 Å². The van der Waals surface area contributed by atoms with Crippen molar-refractivity contribution in [3.05, 3.63) is 23.3 Å². The minimum absolute atomic E-state index is 0.103. The predicted octanol–water partition coefficient (Wildman–Crippen LogP) is 0.443. The first-order valence-electron chi connectivity index (χ1n) is 3.51. The summed E-state index contributed by atoms with van der Waals surface area (Å²) in [5, 5.41) is 8.55. The van der Waals surface area contributed by atoms with Crippen LogP contribution in [0.3, 0.4) is 0 Å². The van der Waals surface area contributed by atoms with Crippen LogP contribution in [0.1, 0.15) is 22.0 Å². The SMILES string of the molecule is COC(=O)c1cc(C#N)nc(C)n1. The Morgan fingerprint density at radius 1 is 1.62 bits per heavy atom. The lowest BCUT2D eigenvalue weighted by molar-refractivity contribution is 0.0593. The van der Waals surface area contributed by atoms with Gasteiger partial charge < -0.3 is 4.74 Å². The number of esters is 1. The number of rotatable bonds is 1. The van der Waals surface area contributed by atoms with E-state index in [2.05, 4.69) is 14.7 Å². The number of aryl methyl sites for hydroxylation is 1. The first-order chi connectivity index (χ1) is 6.17. The molecule has 0 atom stereocenters. The number of nitrogens with zero attached hydrogens (tertiary/aromatic N) is 3. The molecule has 0 unspecified atom stereocenters. The zero-order valence-corrected chi connectivity index (χ0v) is 7.24. The number of ether oxygens (including phenoxy) is 1. The van der Waals surface area contributed by atoms with E-state index in [1.807, 2.05) is 6.07 Å². The summed E-state index contributed by atoms with van der Waals surface area (Å²) in [5.74, 6) is -0.193. The maximum Gasteiger partial charge on any atom is 0.356 e. The van der Waals surface area contributed by atoms with Crippen molar-refractivity contribution < 1.29 is 9.53 Å². The maximum absolute atomic E-state index is 11.0. The lowest BCUT2D eigenvalue weighted by Gasteiger charge is -1.99. The maximum atomic E-state index is 11.0. The second kappa shape index (κ2) is 3.63. The Bertz CT molecular complexity index is 381. The molecule has 0 aliphatic rings. The minimum atomic E-state index is -0.568. The first kappa shape index (κ1) is 9.13. The summed E-state index contributed by atoms with van der Waals surface area (Å²) in [6, 6.07) is 3.12. The molecule has 0 radical (unpaired) electrons. The Hall–Kier alpha value is -1.96. The lowest BCUT2D eigenvalue weighted by atomic mass is 10.3. The molecule has 0 bridgehead atoms. The van der Waals surface area contributed by atoms with Crippen LogP contribution < -0.4 is 0 Å². The zero-order chi connectivity index (χ0) is 9.84. The highest BCUT2D eigenvalue weighted by Gasteiger charge is 2.09. The monoisotopic (exact) mass is 177 g/mol. The highest BCUT2D eigenvalue weighted by molar-refractivity contribution is 5.87. The van der Waals surface area contributed by atoms with Crippen LogP contribution >= 0.6 is 0 Å². The van der Waals surface area contributed by atoms with Gasteiger partial charge in [0, 0.05) is 6.07 Å². The topological polar surface area (TPSA) is 75.9 Å². The van der Waals surface area contributed by atoms with Crippen LogP contribution in [0, 0.1) is 18.3 Å². The summed E-state index contributed by atoms with van der Waals surface area (Å²) in [4.78, 5) is 18.6. The van der Waals surface area contributed by atoms with Crippen LogP contribution in [0.4, 0.5) is 0 Å². The van der Waals surface area contributed by atoms with E-state index in [0.717, 1.165) is 0 Å². The number of hydrogen-bond acceptors (Lipinski definition) is 5. The van der Waals surface area contributed by atoms with Gasteiger partial charge in [-0.15, -0.1) is 0 Å². The van der Waals surface area contributed by atoms with E-state index in [4.69, 9.17) is 5.26 Å². The fourth-order valence-corrected chi connectivity index (χ4v) is 0.834. The van der Waals surface area contributed by atoms with Gasteiger partial charge in [0.05, 0.1) is 7.11 Å². The Morgan fingerprint density at radius 2 is 2.31 bits per heavy atom. The Labute approximate surface area is 75.0 Å². The van der Waals surface area contributed by atoms with E-state index in [9.17, 15) is 4.79 Å². The van der Waals surface area contributed by atoms with E-state index in [0.29, 0.717) is 5.82 Å². The highest BCUT2D eigenvalue weighted by Crippen LogP contribution is 2.01. The molecular formula is C8H7N3O2. The second-order valence-electron chi connectivity index (χ2n) is 2.29. The predicted molar refractivity (Wildman–Crippen MR) is 42.8 cm³/mol. The van der Waals surface area contributed by atoms with Crippen molar-refractivity contribution in [1.29, 1.82) is 5.26 Å². The van der Waals surface area contributed by atoms with Crippen LogP contribution in [0.25, 0.3) is 0 Å². The molecular weight excluding hydrogens is 170 g/mol. The van der Waals surface area contributed by atoms with Crippen molar-refractivity contribution in [3.63, 3.8) is 0 Å². The van der Waals surface area contributed by atoms with E-state index >= 15 is 0 Å². The number of aromatic nitrogens is 2. The fraction of sp³-hybridized carbons (Fsp3) is 0.250. The second-order valence-corrected chi connectivity index (χ2v) is 2.29. The van der Waals surface area contributed by atoms with E-state index in [1.165, 1.54) is 13.2 Å². The third kappa shape index (κ3) is 1.99. The third-order valence-electron chi connectivity index (χ3n) is 1.35. The standard InChI is InChI=1S/C8H7N3O2/c1-5-10-6(4-9)3-7(11-5)8(12)13-2/h3H,1-2H3. The van der Waals surface area contributed by atoms with Gasteiger partial charge in [-0.2, -0.15) is 5.26 Å². The van der Waals surface area contributed by atoms with Crippen molar-refractivity contribution in [2.75, 3.05) is 7.11 Å². The van der Waals surface area contributed by atoms with E-state index in [-0.39, 0.29) is 11.4 Å². The summed E-state index contributed by atoms with van der Waals surface area (Å²) in [5.41, 5.74) is 0.263. The van der Waals surface area contributed by atoms with Gasteiger partial charge in [0.25, 0.3) is 0 Å². The van der Waals surface area contributed by atoms with Crippen LogP contribution in [0.2, 0.25) is 0 Å². The van der Waals surface area contributed by atoms with Gasteiger partial charge in [-0.1, -0.05) is 0 Å². The quantitative estimate of drug-likeness (QED) is 0.582. The molecule has 1 aromatic rings. The molecule has 0 saturated carbocycles. The van der Waals surface area contributed by atoms with Gasteiger partial charge >= 0.3 is 5.97 Å². The molecule has 0 saturated heterocycles. The molecule has 0 N–H and O–H groups in total. The summed E-state index contributed by atoms with van der Waals surface area (Å²) in [7, 11) is 1.26. The average Bonchev–Trinajstić information content (AvgIpc) is 2.15. The molecule has 13 heavy (non-hydrogen) atoms. The fourth-order valence-electron chi connectivity index (χ4n) is 0.834. The number of carbonyl (C=O) groups is 1. The summed E-state index contributed by atoms with van der Waals surface area (Å²) in [6.45, 7) is 1.60. The molecule has 5 heteroatoms. The normalized spacial score (nSPS) is 9.00. The van der Waals surface area contributed by atoms with E-state index < -0.39 is 5.97 Å². The molecule has 1 heterocycles. The van der Waals surface area contributed by atoms with Gasteiger partial charge in [-0.05, 0) is 6.92 Å². The Kier molecular flexibility index (Phi) is 2.55. The van der Waals surface area contributed by atoms with Crippen LogP contribution in [-0.4, -0.2) is 23.0 Å². The molecule has 0 amide bonds. The molecule has 0 aliphatic heterocycles. The van der Waals surface area contributed by atoms with Crippen LogP contribution in [0.15, 0.2) is 6.07 Å². The molecule has 0 spiro atoms. The van der Waals surface area contributed by atoms with Gasteiger partial charge in [-0.25, -0.2) is 14.8 Å². The minimum Gasteiger partial charge on any atom is -0.464 e. The largest absolute Gasteiger partial charge is 0.464 e. The van der Waals surface area contributed by atoms with Gasteiger partial charge in [-0.3, -0.25) is 0 Å². The third-order valence-corrected chi connectivity index (χ3v) is 1.35. The summed E-state index contributed by atoms with van der Waals surface area (Å²) in [6.07, 6.45) is 0. The van der Waals surface area contributed by atoms with Gasteiger partial charge in [0.15, 0.2) is 5.69 Å². The molecule has 5 nitrogen and oxygen atoms in total. The van der Waals surface area contributed by atoms with E-state index in [1.54, 1.807) is 6.92 Å². The number of nitriles is 1. The van der Waals surface area contributed by atoms with Crippen molar-refractivity contribution in [1.82, 2.24) is 9.97 Å². The molecule has 1 aromatic heterocycles. The van der Waals surface area contributed by atoms with Crippen molar-refractivity contribution >= 4 is 5.97 Å². The zero-order valence-electron chi connectivity index (χ0n) is 7.24. The molecule has 0 fully saturated rings. The highest BCUT2D eigenvalue weighted by atomic mass is 16.5.